The number of ether oxygens (including phenoxy) is 2. The Morgan fingerprint density at radius 2 is 1.89 bits per heavy atom. The van der Waals surface area contributed by atoms with Gasteiger partial charge in [-0.15, -0.1) is 0 Å². The van der Waals surface area contributed by atoms with Crippen molar-refractivity contribution in [3.63, 3.8) is 0 Å². The van der Waals surface area contributed by atoms with E-state index in [1.54, 1.807) is 42.5 Å². The van der Waals surface area contributed by atoms with Crippen LogP contribution >= 0.6 is 0 Å². The molecule has 1 heterocycles. The maximum atomic E-state index is 12.7. The summed E-state index contributed by atoms with van der Waals surface area (Å²) in [4.78, 5) is 13.2. The molecule has 9 heteroatoms. The average Bonchev–Trinajstić information content (AvgIpc) is 2.86. The van der Waals surface area contributed by atoms with Crippen LogP contribution in [0.4, 0.5) is 11.4 Å². The molecule has 0 amide bonds. The first-order chi connectivity index (χ1) is 17.3. The standard InChI is InChI=1S/C27H30N2O6S/c1-29-18-23(35-26-9-3-2-8-25(26)29)19-34-22-10-12-24(13-11-22)36(32,33)15-5-14-28-21-7-4-6-20(16-21)17-27(30)31/h2-4,6-13,16,23,28H,5,14-15,17-19H2,1H3,(H,30,31)/t23-/m0/s1. The van der Waals surface area contributed by atoms with Gasteiger partial charge in [-0.05, 0) is 60.5 Å². The fraction of sp³-hybridized carbons (Fsp3) is 0.296. The summed E-state index contributed by atoms with van der Waals surface area (Å²) in [5.74, 6) is 0.512. The van der Waals surface area contributed by atoms with Gasteiger partial charge in [0.2, 0.25) is 0 Å². The third kappa shape index (κ3) is 6.69. The smallest absolute Gasteiger partial charge is 0.307 e. The van der Waals surface area contributed by atoms with E-state index in [0.29, 0.717) is 37.4 Å². The molecule has 0 aliphatic carbocycles. The van der Waals surface area contributed by atoms with Crippen molar-refractivity contribution in [2.24, 2.45) is 0 Å². The highest BCUT2D eigenvalue weighted by Crippen LogP contribution is 2.32. The maximum Gasteiger partial charge on any atom is 0.307 e. The number of sulfone groups is 1. The molecule has 0 unspecified atom stereocenters. The minimum atomic E-state index is -3.44. The Morgan fingerprint density at radius 3 is 2.67 bits per heavy atom. The first kappa shape index (κ1) is 25.4. The van der Waals surface area contributed by atoms with Crippen LogP contribution in [0.3, 0.4) is 0 Å². The van der Waals surface area contributed by atoms with Crippen LogP contribution in [0.15, 0.2) is 77.7 Å². The van der Waals surface area contributed by atoms with E-state index >= 15 is 0 Å². The second kappa shape index (κ2) is 11.3. The van der Waals surface area contributed by atoms with Gasteiger partial charge in [-0.1, -0.05) is 24.3 Å². The first-order valence-electron chi connectivity index (χ1n) is 11.8. The molecule has 0 spiro atoms. The number of anilines is 2. The number of hydrogen-bond donors (Lipinski definition) is 2. The molecule has 1 aliphatic rings. The monoisotopic (exact) mass is 510 g/mol. The van der Waals surface area contributed by atoms with Crippen molar-refractivity contribution in [2.45, 2.75) is 23.8 Å². The summed E-state index contributed by atoms with van der Waals surface area (Å²) in [6.45, 7) is 1.50. The van der Waals surface area contributed by atoms with E-state index in [4.69, 9.17) is 14.6 Å². The van der Waals surface area contributed by atoms with Crippen molar-refractivity contribution in [1.29, 1.82) is 0 Å². The number of likely N-dealkylation sites (N-methyl/N-ethyl adjacent to an activating group) is 1. The highest BCUT2D eigenvalue weighted by molar-refractivity contribution is 7.91. The fourth-order valence-electron chi connectivity index (χ4n) is 4.09. The Balaban J connectivity index is 1.24. The van der Waals surface area contributed by atoms with Gasteiger partial charge in [-0.2, -0.15) is 0 Å². The molecule has 0 saturated heterocycles. The van der Waals surface area contributed by atoms with Crippen molar-refractivity contribution in [3.8, 4) is 11.5 Å². The normalized spacial score (nSPS) is 15.0. The summed E-state index contributed by atoms with van der Waals surface area (Å²) >= 11 is 0. The lowest BCUT2D eigenvalue weighted by atomic mass is 10.1. The largest absolute Gasteiger partial charge is 0.490 e. The topological polar surface area (TPSA) is 105 Å². The van der Waals surface area contributed by atoms with Crippen molar-refractivity contribution in [1.82, 2.24) is 0 Å². The number of aliphatic carboxylic acids is 1. The van der Waals surface area contributed by atoms with Gasteiger partial charge in [0.05, 0.1) is 29.3 Å². The summed E-state index contributed by atoms with van der Waals surface area (Å²) in [5, 5.41) is 12.1. The van der Waals surface area contributed by atoms with Crippen LogP contribution < -0.4 is 19.7 Å². The van der Waals surface area contributed by atoms with Gasteiger partial charge >= 0.3 is 5.97 Å². The Labute approximate surface area is 211 Å². The zero-order valence-corrected chi connectivity index (χ0v) is 20.9. The molecule has 4 rings (SSSR count). The molecule has 3 aromatic rings. The SMILES string of the molecule is CN1C[C@@H](COc2ccc(S(=O)(=O)CCCNc3cccc(CC(=O)O)c3)cc2)Oc2ccccc21. The molecule has 36 heavy (non-hydrogen) atoms. The molecule has 1 aliphatic heterocycles. The van der Waals surface area contributed by atoms with Crippen molar-refractivity contribution in [3.05, 3.63) is 78.4 Å². The lowest BCUT2D eigenvalue weighted by molar-refractivity contribution is -0.136. The number of fused-ring (bicyclic) bond motifs is 1. The Bertz CT molecular complexity index is 1290. The number of hydrogen-bond acceptors (Lipinski definition) is 7. The van der Waals surface area contributed by atoms with Gasteiger partial charge in [-0.25, -0.2) is 8.42 Å². The van der Waals surface area contributed by atoms with Crippen molar-refractivity contribution in [2.75, 3.05) is 42.7 Å². The Morgan fingerprint density at radius 1 is 1.11 bits per heavy atom. The molecule has 8 nitrogen and oxygen atoms in total. The van der Waals surface area contributed by atoms with Gasteiger partial charge < -0.3 is 24.8 Å². The second-order valence-electron chi connectivity index (χ2n) is 8.74. The molecule has 0 saturated carbocycles. The highest BCUT2D eigenvalue weighted by atomic mass is 32.2. The van der Waals surface area contributed by atoms with E-state index in [2.05, 4.69) is 10.2 Å². The quantitative estimate of drug-likeness (QED) is 0.375. The number of carboxylic acids is 1. The predicted molar refractivity (Wildman–Crippen MR) is 139 cm³/mol. The minimum Gasteiger partial charge on any atom is -0.490 e. The first-order valence-corrected chi connectivity index (χ1v) is 13.4. The zero-order chi connectivity index (χ0) is 25.5. The maximum absolute atomic E-state index is 12.7. The molecule has 0 aromatic heterocycles. The predicted octanol–water partition coefficient (Wildman–Crippen LogP) is 3.87. The van der Waals surface area contributed by atoms with Crippen LogP contribution in [0, 0.1) is 0 Å². The molecule has 2 N–H and O–H groups in total. The van der Waals surface area contributed by atoms with E-state index in [1.165, 1.54) is 0 Å². The van der Waals surface area contributed by atoms with E-state index in [9.17, 15) is 13.2 Å². The van der Waals surface area contributed by atoms with Gasteiger partial charge in [0.1, 0.15) is 24.2 Å². The number of para-hydroxylation sites is 2. The van der Waals surface area contributed by atoms with Crippen molar-refractivity contribution >= 4 is 27.2 Å². The highest BCUT2D eigenvalue weighted by Gasteiger charge is 2.23. The van der Waals surface area contributed by atoms with Gasteiger partial charge in [0.25, 0.3) is 0 Å². The summed E-state index contributed by atoms with van der Waals surface area (Å²) in [7, 11) is -1.42. The zero-order valence-electron chi connectivity index (χ0n) is 20.1. The average molecular weight is 511 g/mol. The van der Waals surface area contributed by atoms with Crippen LogP contribution in [0.2, 0.25) is 0 Å². The third-order valence-corrected chi connectivity index (χ3v) is 7.68. The lowest BCUT2D eigenvalue weighted by Gasteiger charge is -2.33. The molecular formula is C27H30N2O6S. The van der Waals surface area contributed by atoms with Crippen LogP contribution in [0.5, 0.6) is 11.5 Å². The second-order valence-corrected chi connectivity index (χ2v) is 10.8. The molecule has 3 aromatic carbocycles. The number of carboxylic acid groups (broad SMARTS) is 1. The molecule has 0 bridgehead atoms. The number of nitrogens with one attached hydrogen (secondary N) is 1. The molecule has 190 valence electrons. The summed E-state index contributed by atoms with van der Waals surface area (Å²) in [6.07, 6.45) is 0.227. The third-order valence-electron chi connectivity index (χ3n) is 5.87. The minimum absolute atomic E-state index is 0.00330. The fourth-order valence-corrected chi connectivity index (χ4v) is 5.40. The van der Waals surface area contributed by atoms with Gasteiger partial charge in [-0.3, -0.25) is 4.79 Å². The number of benzene rings is 3. The Hall–Kier alpha value is -3.72. The number of carbonyl (C=O) groups is 1. The molecule has 0 fully saturated rings. The molecule has 0 radical (unpaired) electrons. The number of rotatable bonds is 11. The molecule has 1 atom stereocenters. The van der Waals surface area contributed by atoms with E-state index in [-0.39, 0.29) is 23.2 Å². The molecular weight excluding hydrogens is 480 g/mol. The Kier molecular flexibility index (Phi) is 8.00. The van der Waals surface area contributed by atoms with E-state index < -0.39 is 15.8 Å². The van der Waals surface area contributed by atoms with Gasteiger partial charge in [0, 0.05) is 19.3 Å². The van der Waals surface area contributed by atoms with Crippen LogP contribution in [-0.4, -0.2) is 58.1 Å². The lowest BCUT2D eigenvalue weighted by Crippen LogP contribution is -2.41. The number of nitrogens with zero attached hydrogens (tertiary/aromatic N) is 1. The van der Waals surface area contributed by atoms with Crippen LogP contribution in [0.1, 0.15) is 12.0 Å². The summed E-state index contributed by atoms with van der Waals surface area (Å²) in [5.41, 5.74) is 2.50. The van der Waals surface area contributed by atoms with Crippen LogP contribution in [-0.2, 0) is 21.1 Å². The van der Waals surface area contributed by atoms with E-state index in [0.717, 1.165) is 17.1 Å². The van der Waals surface area contributed by atoms with E-state index in [1.807, 2.05) is 37.4 Å². The summed E-state index contributed by atoms with van der Waals surface area (Å²) in [6, 6.07) is 21.4. The van der Waals surface area contributed by atoms with Crippen molar-refractivity contribution < 1.29 is 27.8 Å². The van der Waals surface area contributed by atoms with Gasteiger partial charge in [0.15, 0.2) is 9.84 Å². The summed E-state index contributed by atoms with van der Waals surface area (Å²) < 4.78 is 37.3. The van der Waals surface area contributed by atoms with Crippen LogP contribution in [0.25, 0.3) is 0 Å².